The number of aliphatic hydroxyl groups is 1. The van der Waals surface area contributed by atoms with Crippen LogP contribution in [0.15, 0.2) is 23.1 Å². The van der Waals surface area contributed by atoms with Gasteiger partial charge in [0.1, 0.15) is 0 Å². The van der Waals surface area contributed by atoms with Crippen molar-refractivity contribution in [2.45, 2.75) is 49.8 Å². The van der Waals surface area contributed by atoms with Crippen molar-refractivity contribution in [2.75, 3.05) is 7.11 Å². The van der Waals surface area contributed by atoms with Crippen LogP contribution in [-0.4, -0.2) is 32.8 Å². The zero-order chi connectivity index (χ0) is 14.8. The lowest BCUT2D eigenvalue weighted by Crippen LogP contribution is -2.40. The molecule has 0 bridgehead atoms. The molecule has 5 nitrogen and oxygen atoms in total. The fraction of sp³-hybridized carbons (Fsp3) is 0.571. The summed E-state index contributed by atoms with van der Waals surface area (Å²) < 4.78 is 33.0. The summed E-state index contributed by atoms with van der Waals surface area (Å²) >= 11 is 0. The van der Waals surface area contributed by atoms with Gasteiger partial charge >= 0.3 is 0 Å². The van der Waals surface area contributed by atoms with Crippen molar-refractivity contribution >= 4 is 10.0 Å². The molecule has 2 N–H and O–H groups in total. The van der Waals surface area contributed by atoms with Gasteiger partial charge in [0.2, 0.25) is 10.0 Å². The molecule has 0 heterocycles. The minimum Gasteiger partial charge on any atom is -0.392 e. The van der Waals surface area contributed by atoms with Gasteiger partial charge in [-0.05, 0) is 43.4 Å². The van der Waals surface area contributed by atoms with Gasteiger partial charge in [0, 0.05) is 13.2 Å². The normalized spacial score (nSPS) is 23.1. The molecule has 2 atom stereocenters. The Morgan fingerprint density at radius 2 is 2.15 bits per heavy atom. The van der Waals surface area contributed by atoms with Crippen LogP contribution in [-0.2, 0) is 21.4 Å². The van der Waals surface area contributed by atoms with Crippen LogP contribution in [0.5, 0.6) is 0 Å². The van der Waals surface area contributed by atoms with E-state index in [-0.39, 0.29) is 23.6 Å². The van der Waals surface area contributed by atoms with E-state index >= 15 is 0 Å². The van der Waals surface area contributed by atoms with Crippen LogP contribution in [0.1, 0.15) is 30.4 Å². The molecule has 1 aliphatic rings. The Kier molecular flexibility index (Phi) is 4.80. The Morgan fingerprint density at radius 1 is 1.40 bits per heavy atom. The zero-order valence-electron chi connectivity index (χ0n) is 11.8. The van der Waals surface area contributed by atoms with Gasteiger partial charge in [0.15, 0.2) is 0 Å². The molecule has 1 fully saturated rings. The standard InChI is InChI=1S/C14H21NO4S/c1-10-6-7-11(9-16)8-14(10)20(17,18)15-12-4-3-5-13(12)19-2/h6-8,12-13,15-16H,3-5,9H2,1-2H3. The van der Waals surface area contributed by atoms with E-state index in [2.05, 4.69) is 4.72 Å². The average molecular weight is 299 g/mol. The monoisotopic (exact) mass is 299 g/mol. The van der Waals surface area contributed by atoms with Gasteiger partial charge in [-0.2, -0.15) is 0 Å². The Balaban J connectivity index is 2.26. The van der Waals surface area contributed by atoms with E-state index < -0.39 is 10.0 Å². The third kappa shape index (κ3) is 3.20. The minimum atomic E-state index is -3.59. The van der Waals surface area contributed by atoms with Crippen LogP contribution in [0.4, 0.5) is 0 Å². The van der Waals surface area contributed by atoms with Gasteiger partial charge in [-0.1, -0.05) is 12.1 Å². The molecular formula is C14H21NO4S. The van der Waals surface area contributed by atoms with E-state index in [4.69, 9.17) is 9.84 Å². The van der Waals surface area contributed by atoms with Crippen LogP contribution in [0.25, 0.3) is 0 Å². The Morgan fingerprint density at radius 3 is 2.80 bits per heavy atom. The molecule has 2 unspecified atom stereocenters. The molecule has 112 valence electrons. The highest BCUT2D eigenvalue weighted by atomic mass is 32.2. The second-order valence-corrected chi connectivity index (χ2v) is 6.87. The predicted octanol–water partition coefficient (Wildman–Crippen LogP) is 1.33. The molecule has 0 spiro atoms. The third-order valence-corrected chi connectivity index (χ3v) is 5.42. The molecule has 1 aliphatic carbocycles. The molecular weight excluding hydrogens is 278 g/mol. The van der Waals surface area contributed by atoms with Crippen LogP contribution < -0.4 is 4.72 Å². The molecule has 1 aromatic carbocycles. The van der Waals surface area contributed by atoms with Crippen molar-refractivity contribution in [1.29, 1.82) is 0 Å². The maximum atomic E-state index is 12.5. The Labute approximate surface area is 120 Å². The maximum Gasteiger partial charge on any atom is 0.241 e. The van der Waals surface area contributed by atoms with E-state index in [1.165, 1.54) is 6.07 Å². The smallest absolute Gasteiger partial charge is 0.241 e. The van der Waals surface area contributed by atoms with Crippen LogP contribution >= 0.6 is 0 Å². The van der Waals surface area contributed by atoms with E-state index in [1.807, 2.05) is 0 Å². The molecule has 0 aliphatic heterocycles. The summed E-state index contributed by atoms with van der Waals surface area (Å²) in [6.45, 7) is 1.57. The van der Waals surface area contributed by atoms with Gasteiger partial charge in [-0.15, -0.1) is 0 Å². The van der Waals surface area contributed by atoms with Crippen molar-refractivity contribution in [3.05, 3.63) is 29.3 Å². The summed E-state index contributed by atoms with van der Waals surface area (Å²) in [6, 6.07) is 4.78. The molecule has 0 amide bonds. The number of hydrogen-bond acceptors (Lipinski definition) is 4. The number of hydrogen-bond donors (Lipinski definition) is 2. The summed E-state index contributed by atoms with van der Waals surface area (Å²) in [6.07, 6.45) is 2.56. The SMILES string of the molecule is COC1CCCC1NS(=O)(=O)c1cc(CO)ccc1C. The van der Waals surface area contributed by atoms with E-state index in [0.29, 0.717) is 11.1 Å². The van der Waals surface area contributed by atoms with Gasteiger partial charge < -0.3 is 9.84 Å². The number of methoxy groups -OCH3 is 1. The molecule has 6 heteroatoms. The molecule has 20 heavy (non-hydrogen) atoms. The summed E-state index contributed by atoms with van der Waals surface area (Å²) in [7, 11) is -1.99. The number of benzene rings is 1. The van der Waals surface area contributed by atoms with Crippen molar-refractivity contribution in [3.8, 4) is 0 Å². The summed E-state index contributed by atoms with van der Waals surface area (Å²) in [4.78, 5) is 0.228. The minimum absolute atomic E-state index is 0.0638. The first-order valence-electron chi connectivity index (χ1n) is 6.73. The molecule has 1 saturated carbocycles. The fourth-order valence-corrected chi connectivity index (χ4v) is 4.23. The number of nitrogens with one attached hydrogen (secondary N) is 1. The number of ether oxygens (including phenoxy) is 1. The first-order chi connectivity index (χ1) is 9.47. The predicted molar refractivity (Wildman–Crippen MR) is 75.9 cm³/mol. The summed E-state index contributed by atoms with van der Waals surface area (Å²) in [5.41, 5.74) is 1.26. The second kappa shape index (κ2) is 6.22. The Hall–Kier alpha value is -0.950. The quantitative estimate of drug-likeness (QED) is 0.860. The largest absolute Gasteiger partial charge is 0.392 e. The first-order valence-corrected chi connectivity index (χ1v) is 8.22. The zero-order valence-corrected chi connectivity index (χ0v) is 12.6. The summed E-state index contributed by atoms with van der Waals surface area (Å²) in [5, 5.41) is 9.15. The molecule has 0 saturated heterocycles. The summed E-state index contributed by atoms with van der Waals surface area (Å²) in [5.74, 6) is 0. The molecule has 2 rings (SSSR count). The topological polar surface area (TPSA) is 75.6 Å². The number of rotatable bonds is 5. The average Bonchev–Trinajstić information content (AvgIpc) is 2.85. The van der Waals surface area contributed by atoms with E-state index in [0.717, 1.165) is 19.3 Å². The molecule has 1 aromatic rings. The van der Waals surface area contributed by atoms with Crippen molar-refractivity contribution < 1.29 is 18.3 Å². The van der Waals surface area contributed by atoms with Gasteiger partial charge in [0.05, 0.1) is 17.6 Å². The van der Waals surface area contributed by atoms with Crippen molar-refractivity contribution in [1.82, 2.24) is 4.72 Å². The number of sulfonamides is 1. The lowest BCUT2D eigenvalue weighted by Gasteiger charge is -2.20. The molecule has 0 radical (unpaired) electrons. The highest BCUT2D eigenvalue weighted by Gasteiger charge is 2.31. The highest BCUT2D eigenvalue weighted by molar-refractivity contribution is 7.89. The van der Waals surface area contributed by atoms with Crippen molar-refractivity contribution in [3.63, 3.8) is 0 Å². The van der Waals surface area contributed by atoms with Crippen molar-refractivity contribution in [2.24, 2.45) is 0 Å². The van der Waals surface area contributed by atoms with Crippen LogP contribution in [0.2, 0.25) is 0 Å². The Bertz CT molecular complexity index is 571. The van der Waals surface area contributed by atoms with Gasteiger partial charge in [-0.25, -0.2) is 13.1 Å². The molecule has 0 aromatic heterocycles. The lowest BCUT2D eigenvalue weighted by atomic mass is 10.2. The van der Waals surface area contributed by atoms with E-state index in [1.54, 1.807) is 26.2 Å². The second-order valence-electron chi connectivity index (χ2n) is 5.19. The highest BCUT2D eigenvalue weighted by Crippen LogP contribution is 2.24. The maximum absolute atomic E-state index is 12.5. The van der Waals surface area contributed by atoms with E-state index in [9.17, 15) is 8.42 Å². The number of aliphatic hydroxyl groups excluding tert-OH is 1. The van der Waals surface area contributed by atoms with Crippen LogP contribution in [0.3, 0.4) is 0 Å². The van der Waals surface area contributed by atoms with Gasteiger partial charge in [-0.3, -0.25) is 0 Å². The fourth-order valence-electron chi connectivity index (χ4n) is 2.64. The lowest BCUT2D eigenvalue weighted by molar-refractivity contribution is 0.0916. The third-order valence-electron chi connectivity index (χ3n) is 3.79. The number of aryl methyl sites for hydroxylation is 1. The first kappa shape index (κ1) is 15.4. The van der Waals surface area contributed by atoms with Gasteiger partial charge in [0.25, 0.3) is 0 Å². The van der Waals surface area contributed by atoms with Crippen LogP contribution in [0, 0.1) is 6.92 Å².